The smallest absolute Gasteiger partial charge is 0.261 e. The zero-order chi connectivity index (χ0) is 13.5. The Hall–Kier alpha value is -1.68. The average molecular weight is 246 g/mol. The minimum absolute atomic E-state index is 0.144. The average Bonchev–Trinajstić information content (AvgIpc) is 2.54. The van der Waals surface area contributed by atoms with Crippen molar-refractivity contribution >= 4 is 11.8 Å². The zero-order valence-electron chi connectivity index (χ0n) is 10.9. The topological polar surface area (TPSA) is 63.4 Å². The molecular formula is C14H18N2O2. The van der Waals surface area contributed by atoms with E-state index in [1.165, 1.54) is 4.90 Å². The molecule has 1 aliphatic rings. The number of fused-ring (bicyclic) bond motifs is 1. The van der Waals surface area contributed by atoms with Crippen LogP contribution in [0.15, 0.2) is 24.3 Å². The summed E-state index contributed by atoms with van der Waals surface area (Å²) in [5.41, 5.74) is 6.85. The number of nitrogens with two attached hydrogens (primary N) is 1. The van der Waals surface area contributed by atoms with Gasteiger partial charge in [0.05, 0.1) is 11.1 Å². The monoisotopic (exact) mass is 246 g/mol. The number of amides is 2. The number of nitrogens with zero attached hydrogens (tertiary/aromatic N) is 1. The van der Waals surface area contributed by atoms with Crippen LogP contribution in [0.1, 0.15) is 41.5 Å². The van der Waals surface area contributed by atoms with Crippen molar-refractivity contribution in [3.63, 3.8) is 0 Å². The van der Waals surface area contributed by atoms with Gasteiger partial charge in [0.2, 0.25) is 0 Å². The minimum Gasteiger partial charge on any atom is -0.326 e. The number of benzene rings is 1. The molecule has 1 atom stereocenters. The molecule has 0 spiro atoms. The maximum atomic E-state index is 12.1. The Balaban J connectivity index is 2.24. The van der Waals surface area contributed by atoms with Gasteiger partial charge in [-0.1, -0.05) is 32.9 Å². The molecule has 1 aromatic rings. The first-order chi connectivity index (χ1) is 8.32. The minimum atomic E-state index is -0.240. The standard InChI is InChI=1S/C14H18N2O2/c1-14(2,3)11(15)8-16-12(17)9-6-4-5-7-10(9)13(16)18/h4-7,11H,8,15H2,1-3H3. The molecule has 18 heavy (non-hydrogen) atoms. The molecule has 0 saturated heterocycles. The van der Waals surface area contributed by atoms with Crippen LogP contribution in [0.3, 0.4) is 0 Å². The normalized spacial score (nSPS) is 17.0. The molecule has 0 bridgehead atoms. The lowest BCUT2D eigenvalue weighted by Gasteiger charge is -2.29. The van der Waals surface area contributed by atoms with Crippen LogP contribution in [0, 0.1) is 5.41 Å². The fraction of sp³-hybridized carbons (Fsp3) is 0.429. The predicted molar refractivity (Wildman–Crippen MR) is 69.2 cm³/mol. The molecule has 0 fully saturated rings. The van der Waals surface area contributed by atoms with Crippen molar-refractivity contribution in [3.05, 3.63) is 35.4 Å². The molecular weight excluding hydrogens is 228 g/mol. The van der Waals surface area contributed by atoms with E-state index >= 15 is 0 Å². The molecule has 0 saturated carbocycles. The van der Waals surface area contributed by atoms with Crippen LogP contribution < -0.4 is 5.73 Å². The summed E-state index contributed by atoms with van der Waals surface area (Å²) in [5, 5.41) is 0. The number of rotatable bonds is 2. The van der Waals surface area contributed by atoms with E-state index in [1.54, 1.807) is 24.3 Å². The van der Waals surface area contributed by atoms with E-state index in [1.807, 2.05) is 20.8 Å². The SMILES string of the molecule is CC(C)(C)C(N)CN1C(=O)c2ccccc2C1=O. The van der Waals surface area contributed by atoms with E-state index in [0.29, 0.717) is 11.1 Å². The van der Waals surface area contributed by atoms with Gasteiger partial charge >= 0.3 is 0 Å². The highest BCUT2D eigenvalue weighted by Gasteiger charge is 2.37. The van der Waals surface area contributed by atoms with Crippen molar-refractivity contribution in [2.75, 3.05) is 6.54 Å². The van der Waals surface area contributed by atoms with E-state index in [4.69, 9.17) is 5.73 Å². The quantitative estimate of drug-likeness (QED) is 0.807. The lowest BCUT2D eigenvalue weighted by Crippen LogP contribution is -2.47. The first-order valence-electron chi connectivity index (χ1n) is 6.03. The Morgan fingerprint density at radius 2 is 1.56 bits per heavy atom. The first kappa shape index (κ1) is 12.8. The first-order valence-corrected chi connectivity index (χ1v) is 6.03. The Kier molecular flexibility index (Phi) is 2.99. The summed E-state index contributed by atoms with van der Waals surface area (Å²) >= 11 is 0. The third-order valence-electron chi connectivity index (χ3n) is 3.37. The molecule has 4 nitrogen and oxygen atoms in total. The molecule has 2 rings (SSSR count). The van der Waals surface area contributed by atoms with Gasteiger partial charge in [-0.2, -0.15) is 0 Å². The van der Waals surface area contributed by atoms with E-state index < -0.39 is 0 Å². The van der Waals surface area contributed by atoms with Gasteiger partial charge < -0.3 is 5.73 Å². The van der Waals surface area contributed by atoms with Crippen LogP contribution in [0.4, 0.5) is 0 Å². The lowest BCUT2D eigenvalue weighted by molar-refractivity contribution is 0.0623. The molecule has 0 radical (unpaired) electrons. The highest BCUT2D eigenvalue weighted by molar-refractivity contribution is 6.21. The van der Waals surface area contributed by atoms with Crippen molar-refractivity contribution in [1.82, 2.24) is 4.90 Å². The Morgan fingerprint density at radius 3 is 1.94 bits per heavy atom. The van der Waals surface area contributed by atoms with Crippen LogP contribution in [-0.2, 0) is 0 Å². The van der Waals surface area contributed by atoms with Gasteiger partial charge in [-0.15, -0.1) is 0 Å². The number of hydrogen-bond acceptors (Lipinski definition) is 3. The van der Waals surface area contributed by atoms with Gasteiger partial charge in [0.15, 0.2) is 0 Å². The van der Waals surface area contributed by atoms with Crippen molar-refractivity contribution < 1.29 is 9.59 Å². The van der Waals surface area contributed by atoms with Crippen molar-refractivity contribution in [1.29, 1.82) is 0 Å². The fourth-order valence-corrected chi connectivity index (χ4v) is 1.88. The third kappa shape index (κ3) is 2.04. The summed E-state index contributed by atoms with van der Waals surface area (Å²) in [5.74, 6) is -0.481. The third-order valence-corrected chi connectivity index (χ3v) is 3.37. The van der Waals surface area contributed by atoms with Crippen molar-refractivity contribution in [2.45, 2.75) is 26.8 Å². The second kappa shape index (κ2) is 4.21. The van der Waals surface area contributed by atoms with Gasteiger partial charge in [0, 0.05) is 12.6 Å². The molecule has 1 unspecified atom stereocenters. The zero-order valence-corrected chi connectivity index (χ0v) is 10.9. The molecule has 0 aromatic heterocycles. The summed E-state index contributed by atoms with van der Waals surface area (Å²) in [6, 6.07) is 6.64. The Morgan fingerprint density at radius 1 is 1.11 bits per heavy atom. The summed E-state index contributed by atoms with van der Waals surface area (Å²) in [4.78, 5) is 25.5. The molecule has 96 valence electrons. The van der Waals surface area contributed by atoms with E-state index in [-0.39, 0.29) is 29.8 Å². The molecule has 4 heteroatoms. The number of hydrogen-bond donors (Lipinski definition) is 1. The van der Waals surface area contributed by atoms with E-state index in [0.717, 1.165) is 0 Å². The van der Waals surface area contributed by atoms with E-state index in [2.05, 4.69) is 0 Å². The number of carbonyl (C=O) groups is 2. The second-order valence-corrected chi connectivity index (χ2v) is 5.74. The number of imide groups is 1. The molecule has 0 aliphatic carbocycles. The maximum absolute atomic E-state index is 12.1. The predicted octanol–water partition coefficient (Wildman–Crippen LogP) is 1.66. The molecule has 1 aliphatic heterocycles. The fourth-order valence-electron chi connectivity index (χ4n) is 1.88. The van der Waals surface area contributed by atoms with Gasteiger partial charge in [0.25, 0.3) is 11.8 Å². The molecule has 2 amide bonds. The van der Waals surface area contributed by atoms with Crippen LogP contribution in [-0.4, -0.2) is 29.3 Å². The van der Waals surface area contributed by atoms with Crippen LogP contribution >= 0.6 is 0 Å². The summed E-state index contributed by atoms with van der Waals surface area (Å²) in [7, 11) is 0. The summed E-state index contributed by atoms with van der Waals surface area (Å²) in [6.45, 7) is 6.25. The lowest BCUT2D eigenvalue weighted by atomic mass is 9.87. The van der Waals surface area contributed by atoms with Gasteiger partial charge in [-0.05, 0) is 17.5 Å². The summed E-state index contributed by atoms with van der Waals surface area (Å²) in [6.07, 6.45) is 0. The Labute approximate surface area is 107 Å². The molecule has 2 N–H and O–H groups in total. The van der Waals surface area contributed by atoms with Crippen molar-refractivity contribution in [3.8, 4) is 0 Å². The van der Waals surface area contributed by atoms with Crippen molar-refractivity contribution in [2.24, 2.45) is 11.1 Å². The second-order valence-electron chi connectivity index (χ2n) is 5.74. The van der Waals surface area contributed by atoms with Gasteiger partial charge in [-0.25, -0.2) is 0 Å². The number of carbonyl (C=O) groups excluding carboxylic acids is 2. The van der Waals surface area contributed by atoms with Gasteiger partial charge in [-0.3, -0.25) is 14.5 Å². The van der Waals surface area contributed by atoms with Crippen LogP contribution in [0.5, 0.6) is 0 Å². The largest absolute Gasteiger partial charge is 0.326 e. The van der Waals surface area contributed by atoms with Crippen LogP contribution in [0.2, 0.25) is 0 Å². The molecule has 1 heterocycles. The van der Waals surface area contributed by atoms with Crippen LogP contribution in [0.25, 0.3) is 0 Å². The maximum Gasteiger partial charge on any atom is 0.261 e. The highest BCUT2D eigenvalue weighted by Crippen LogP contribution is 2.25. The van der Waals surface area contributed by atoms with Gasteiger partial charge in [0.1, 0.15) is 0 Å². The molecule has 1 aromatic carbocycles. The Bertz CT molecular complexity index is 468. The summed E-state index contributed by atoms with van der Waals surface area (Å²) < 4.78 is 0. The highest BCUT2D eigenvalue weighted by atomic mass is 16.2. The van der Waals surface area contributed by atoms with E-state index in [9.17, 15) is 9.59 Å².